The molecule has 2 amide bonds. The Hall–Kier alpha value is -4.30. The fraction of sp³-hybridized carbons (Fsp3) is 0.323. The molecule has 0 spiro atoms. The van der Waals surface area contributed by atoms with Gasteiger partial charge in [-0.15, -0.1) is 5.10 Å². The van der Waals surface area contributed by atoms with Crippen LogP contribution in [0.5, 0.6) is 0 Å². The number of anilines is 3. The van der Waals surface area contributed by atoms with Gasteiger partial charge < -0.3 is 30.9 Å². The fourth-order valence-corrected chi connectivity index (χ4v) is 5.58. The summed E-state index contributed by atoms with van der Waals surface area (Å²) in [4.78, 5) is 24.8. The lowest BCUT2D eigenvalue weighted by Crippen LogP contribution is -2.31. The second-order valence-electron chi connectivity index (χ2n) is 10.4. The number of nitrogen functional groups attached to an aromatic ring is 1. The predicted octanol–water partition coefficient (Wildman–Crippen LogP) is 4.37. The third-order valence-corrected chi connectivity index (χ3v) is 8.25. The molecule has 2 heterocycles. The van der Waals surface area contributed by atoms with E-state index in [4.69, 9.17) is 15.2 Å². The molecule has 1 aliphatic heterocycles. The van der Waals surface area contributed by atoms with Gasteiger partial charge in [-0.2, -0.15) is 0 Å². The maximum Gasteiger partial charge on any atom is 0.224 e. The van der Waals surface area contributed by atoms with Gasteiger partial charge in [-0.05, 0) is 52.2 Å². The number of hydrogen-bond acceptors (Lipinski definition) is 10. The average Bonchev–Trinajstić information content (AvgIpc) is 3.45. The summed E-state index contributed by atoms with van der Waals surface area (Å²) in [6, 6.07) is 22.1. The van der Waals surface area contributed by atoms with Crippen LogP contribution in [-0.4, -0.2) is 49.0 Å². The molecule has 1 aromatic heterocycles. The van der Waals surface area contributed by atoms with Crippen molar-refractivity contribution in [2.75, 3.05) is 22.1 Å². The average molecular weight is 618 g/mol. The van der Waals surface area contributed by atoms with E-state index in [0.717, 1.165) is 16.7 Å². The van der Waals surface area contributed by atoms with E-state index < -0.39 is 6.29 Å². The molecule has 3 atom stereocenters. The summed E-state index contributed by atoms with van der Waals surface area (Å²) >= 11 is 1.51. The lowest BCUT2D eigenvalue weighted by molar-refractivity contribution is -0.245. The summed E-state index contributed by atoms with van der Waals surface area (Å²) in [5.41, 5.74) is 10.2. The van der Waals surface area contributed by atoms with Gasteiger partial charge in [0.05, 0.1) is 30.2 Å². The second kappa shape index (κ2) is 14.9. The number of ether oxygens (including phenoxy) is 2. The van der Waals surface area contributed by atoms with Crippen LogP contribution in [0, 0.1) is 0 Å². The van der Waals surface area contributed by atoms with E-state index in [1.807, 2.05) is 36.4 Å². The zero-order valence-electron chi connectivity index (χ0n) is 24.3. The lowest BCUT2D eigenvalue weighted by Gasteiger charge is -2.36. The second-order valence-corrected chi connectivity index (χ2v) is 11.4. The summed E-state index contributed by atoms with van der Waals surface area (Å²) in [5.74, 6) is 0.251. The first-order chi connectivity index (χ1) is 21.4. The van der Waals surface area contributed by atoms with Crippen LogP contribution < -0.4 is 16.4 Å². The molecule has 0 aliphatic carbocycles. The number of aliphatic hydroxyl groups excluding tert-OH is 1. The molecular formula is C31H35N7O5S. The SMILES string of the molecule is Cn1nnnc1SC[C@@H]1C[C@H](c2ccc(CO)cc2)O[C@H](c2ccc(NC(=O)CCCC(=O)Nc3ccccc3N)cc2)O1. The maximum atomic E-state index is 12.5. The highest BCUT2D eigenvalue weighted by Crippen LogP contribution is 2.39. The number of thioether (sulfide) groups is 1. The van der Waals surface area contributed by atoms with E-state index in [9.17, 15) is 14.7 Å². The molecule has 5 N–H and O–H groups in total. The molecule has 13 heteroatoms. The number of para-hydroxylation sites is 2. The third-order valence-electron chi connectivity index (χ3n) is 7.10. The van der Waals surface area contributed by atoms with Crippen molar-refractivity contribution < 1.29 is 24.2 Å². The van der Waals surface area contributed by atoms with E-state index in [-0.39, 0.29) is 43.5 Å². The van der Waals surface area contributed by atoms with Crippen molar-refractivity contribution in [1.29, 1.82) is 0 Å². The first-order valence-corrected chi connectivity index (χ1v) is 15.3. The normalized spacial score (nSPS) is 18.1. The molecule has 1 fully saturated rings. The van der Waals surface area contributed by atoms with E-state index in [2.05, 4.69) is 26.2 Å². The molecule has 44 heavy (non-hydrogen) atoms. The number of nitrogens with zero attached hydrogens (tertiary/aromatic N) is 4. The number of nitrogens with one attached hydrogen (secondary N) is 2. The summed E-state index contributed by atoms with van der Waals surface area (Å²) in [5, 5.41) is 27.4. The number of rotatable bonds is 12. The minimum atomic E-state index is -0.628. The number of carbonyl (C=O) groups is 2. The van der Waals surface area contributed by atoms with Crippen molar-refractivity contribution in [3.05, 3.63) is 89.5 Å². The van der Waals surface area contributed by atoms with Gasteiger partial charge in [-0.1, -0.05) is 60.3 Å². The molecule has 3 aromatic carbocycles. The van der Waals surface area contributed by atoms with E-state index in [0.29, 0.717) is 40.8 Å². The van der Waals surface area contributed by atoms with Crippen LogP contribution in [-0.2, 0) is 32.7 Å². The van der Waals surface area contributed by atoms with E-state index in [1.54, 1.807) is 48.1 Å². The zero-order chi connectivity index (χ0) is 30.9. The van der Waals surface area contributed by atoms with E-state index in [1.165, 1.54) is 11.8 Å². The van der Waals surface area contributed by atoms with Gasteiger partial charge in [0, 0.05) is 43.3 Å². The number of carbonyl (C=O) groups excluding carboxylic acids is 2. The van der Waals surface area contributed by atoms with Gasteiger partial charge in [0.25, 0.3) is 0 Å². The molecular weight excluding hydrogens is 582 g/mol. The quantitative estimate of drug-likeness (QED) is 0.132. The summed E-state index contributed by atoms with van der Waals surface area (Å²) in [6.45, 7) is -0.0232. The van der Waals surface area contributed by atoms with Gasteiger partial charge >= 0.3 is 0 Å². The van der Waals surface area contributed by atoms with Crippen LogP contribution >= 0.6 is 11.8 Å². The number of benzene rings is 3. The van der Waals surface area contributed by atoms with Gasteiger partial charge in [0.15, 0.2) is 6.29 Å². The van der Waals surface area contributed by atoms with Crippen molar-refractivity contribution in [1.82, 2.24) is 20.2 Å². The van der Waals surface area contributed by atoms with Crippen LogP contribution in [0.2, 0.25) is 0 Å². The van der Waals surface area contributed by atoms with Crippen LogP contribution in [0.15, 0.2) is 78.0 Å². The minimum Gasteiger partial charge on any atom is -0.397 e. The first kappa shape index (κ1) is 31.1. The van der Waals surface area contributed by atoms with Gasteiger partial charge in [0.1, 0.15) is 0 Å². The number of aromatic nitrogens is 4. The molecule has 0 unspecified atom stereocenters. The lowest BCUT2D eigenvalue weighted by atomic mass is 10.0. The Labute approximate surface area is 259 Å². The first-order valence-electron chi connectivity index (χ1n) is 14.3. The maximum absolute atomic E-state index is 12.5. The minimum absolute atomic E-state index is 0.0232. The molecule has 0 radical (unpaired) electrons. The van der Waals surface area contributed by atoms with Crippen LogP contribution in [0.4, 0.5) is 17.1 Å². The Morgan fingerprint density at radius 2 is 1.68 bits per heavy atom. The number of aliphatic hydroxyl groups is 1. The van der Waals surface area contributed by atoms with Crippen molar-refractivity contribution >= 4 is 40.6 Å². The number of hydrogen-bond donors (Lipinski definition) is 4. The van der Waals surface area contributed by atoms with Crippen LogP contribution in [0.1, 0.15) is 54.8 Å². The van der Waals surface area contributed by atoms with Gasteiger partial charge in [-0.3, -0.25) is 9.59 Å². The predicted molar refractivity (Wildman–Crippen MR) is 166 cm³/mol. The van der Waals surface area contributed by atoms with Crippen molar-refractivity contribution in [3.63, 3.8) is 0 Å². The standard InChI is InChI=1S/C31H35N7O5S/c1-38-31(35-36-37-38)44-19-24-17-27(21-11-9-20(18-39)10-12-21)43-30(42-24)22-13-15-23(16-14-22)33-28(40)7-4-8-29(41)34-26-6-3-2-5-25(26)32/h2-3,5-6,9-16,24,27,30,39H,4,7-8,17-19,32H2,1H3,(H,33,40)(H,34,41)/t24-,27+,30+/m0/s1. The van der Waals surface area contributed by atoms with Crippen molar-refractivity contribution in [2.45, 2.75) is 55.9 Å². The molecule has 0 saturated carbocycles. The third kappa shape index (κ3) is 8.41. The number of aryl methyl sites for hydroxylation is 1. The summed E-state index contributed by atoms with van der Waals surface area (Å²) < 4.78 is 14.4. The zero-order valence-corrected chi connectivity index (χ0v) is 25.1. The highest BCUT2D eigenvalue weighted by atomic mass is 32.2. The fourth-order valence-electron chi connectivity index (χ4n) is 4.71. The monoisotopic (exact) mass is 617 g/mol. The molecule has 230 valence electrons. The molecule has 1 aliphatic rings. The Morgan fingerprint density at radius 3 is 2.36 bits per heavy atom. The number of tetrazole rings is 1. The molecule has 0 bridgehead atoms. The largest absolute Gasteiger partial charge is 0.397 e. The summed E-state index contributed by atoms with van der Waals surface area (Å²) in [6.07, 6.45) is 0.442. The Balaban J connectivity index is 1.16. The topological polar surface area (TPSA) is 167 Å². The van der Waals surface area contributed by atoms with Gasteiger partial charge in [0.2, 0.25) is 17.0 Å². The summed E-state index contributed by atoms with van der Waals surface area (Å²) in [7, 11) is 1.79. The van der Waals surface area contributed by atoms with Crippen molar-refractivity contribution in [2.24, 2.45) is 7.05 Å². The smallest absolute Gasteiger partial charge is 0.224 e. The molecule has 4 aromatic rings. The van der Waals surface area contributed by atoms with Gasteiger partial charge in [-0.25, -0.2) is 4.68 Å². The highest BCUT2D eigenvalue weighted by molar-refractivity contribution is 7.99. The van der Waals surface area contributed by atoms with Crippen LogP contribution in [0.3, 0.4) is 0 Å². The molecule has 5 rings (SSSR count). The number of amides is 2. The Morgan fingerprint density at radius 1 is 0.977 bits per heavy atom. The number of nitrogens with two attached hydrogens (primary N) is 1. The van der Waals surface area contributed by atoms with E-state index >= 15 is 0 Å². The Bertz CT molecular complexity index is 1550. The van der Waals surface area contributed by atoms with Crippen LogP contribution in [0.25, 0.3) is 0 Å². The van der Waals surface area contributed by atoms with Crippen molar-refractivity contribution in [3.8, 4) is 0 Å². The molecule has 12 nitrogen and oxygen atoms in total. The molecule has 1 saturated heterocycles. The highest BCUT2D eigenvalue weighted by Gasteiger charge is 2.32. The Kier molecular flexibility index (Phi) is 10.6.